The molecule has 23 aromatic rings. The van der Waals surface area contributed by atoms with Crippen LogP contribution < -0.4 is 9.80 Å². The molecule has 8 nitrogen and oxygen atoms in total. The highest BCUT2D eigenvalue weighted by molar-refractivity contribution is 7.19. The lowest BCUT2D eigenvalue weighted by Gasteiger charge is -2.34. The molecule has 3 aliphatic carbocycles. The van der Waals surface area contributed by atoms with E-state index in [2.05, 4.69) is 492 Å². The number of rotatable bonds is 19. The Morgan fingerprint density at radius 1 is 0.248 bits per heavy atom. The highest BCUT2D eigenvalue weighted by Crippen LogP contribution is 2.60. The zero-order valence-corrected chi connectivity index (χ0v) is 75.6. The number of para-hydroxylation sites is 2. The summed E-state index contributed by atoms with van der Waals surface area (Å²) in [7, 11) is 0. The molecule has 18 aromatic carbocycles. The van der Waals surface area contributed by atoms with Gasteiger partial charge in [-0.1, -0.05) is 346 Å². The first-order valence-corrected chi connectivity index (χ1v) is 47.8. The zero-order valence-electron chi connectivity index (χ0n) is 74.7. The maximum atomic E-state index is 5.28. The molecule has 0 spiro atoms. The fourth-order valence-corrected chi connectivity index (χ4v) is 23.3. The Morgan fingerprint density at radius 2 is 0.620 bits per heavy atom. The first-order valence-electron chi connectivity index (χ1n) is 47.0. The van der Waals surface area contributed by atoms with Crippen molar-refractivity contribution in [1.82, 2.24) is 29.1 Å². The van der Waals surface area contributed by atoms with E-state index in [1.807, 2.05) is 24.8 Å². The normalized spacial score (nSPS) is 13.3. The quantitative estimate of drug-likeness (QED) is 0.0804. The van der Waals surface area contributed by atoms with Gasteiger partial charge in [0.2, 0.25) is 0 Å². The lowest BCUT2D eigenvalue weighted by atomic mass is 9.67. The standard InChI is InChI=1S/C128H86N8S/c1-8-30-85(31-9-1)87-52-61-98(62-53-87)133(103-81-129-125(130-82-103)92-59-72-121-113(77-92)110-47-25-28-50-119(110)135(121)101-67-69-108-107-46-24-27-49-115(107)127(117(108)79-101,94-36-14-4-15-37-94)95-38-16-5-17-39-95)99-65-56-89(57-66-99)105-44-22-23-45-106(105)91-58-71-116-112(76-91)109-70-68-102(80-118(109)128(116,96-40-18-6-19-41-96)97-42-20-7-21-43-97)136-120-51-29-26-48-111(120)114-78-93(60-73-122(114)136)126-131-83-104(84-132-126)134(124-75-74-123(137-124)90-34-12-3-13-35-90)100-63-54-88(55-64-100)86-32-10-2-11-33-86/h1-21,23-43,45-84H,22,44H2. The van der Waals surface area contributed by atoms with Gasteiger partial charge in [-0.15, -0.1) is 11.3 Å². The number of aromatic nitrogens is 6. The number of anilines is 6. The number of benzene rings is 18. The molecule has 0 unspecified atom stereocenters. The molecule has 137 heavy (non-hydrogen) atoms. The molecule has 0 radical (unpaired) electrons. The Hall–Kier alpha value is -17.5. The van der Waals surface area contributed by atoms with Crippen LogP contribution in [0.2, 0.25) is 0 Å². The van der Waals surface area contributed by atoms with Gasteiger partial charge in [0.05, 0.1) is 69.1 Å². The minimum atomic E-state index is -0.681. The largest absolute Gasteiger partial charge is 0.309 e. The predicted octanol–water partition coefficient (Wildman–Crippen LogP) is 32.8. The van der Waals surface area contributed by atoms with Gasteiger partial charge < -0.3 is 14.0 Å². The van der Waals surface area contributed by atoms with E-state index < -0.39 is 10.8 Å². The van der Waals surface area contributed by atoms with Crippen LogP contribution in [0.1, 0.15) is 68.5 Å². The molecule has 9 heteroatoms. The highest BCUT2D eigenvalue weighted by Gasteiger charge is 2.48. The van der Waals surface area contributed by atoms with Crippen LogP contribution in [-0.2, 0) is 10.8 Å². The Bertz CT molecular complexity index is 8560. The minimum absolute atomic E-state index is 0.537. The maximum Gasteiger partial charge on any atom is 0.159 e. The van der Waals surface area contributed by atoms with Crippen LogP contribution >= 0.6 is 11.3 Å². The predicted molar refractivity (Wildman–Crippen MR) is 567 cm³/mol. The van der Waals surface area contributed by atoms with Crippen molar-refractivity contribution in [2.45, 2.75) is 23.7 Å². The van der Waals surface area contributed by atoms with Gasteiger partial charge in [0.15, 0.2) is 11.6 Å². The first kappa shape index (κ1) is 80.4. The number of hydrogen-bond donors (Lipinski definition) is 0. The van der Waals surface area contributed by atoms with Crippen LogP contribution in [0, 0.1) is 0 Å². The fourth-order valence-electron chi connectivity index (χ4n) is 22.3. The summed E-state index contributed by atoms with van der Waals surface area (Å²) < 4.78 is 4.89. The van der Waals surface area contributed by atoms with E-state index in [4.69, 9.17) is 19.9 Å². The molecule has 0 saturated carbocycles. The molecule has 5 heterocycles. The molecule has 644 valence electrons. The Balaban J connectivity index is 0.539. The van der Waals surface area contributed by atoms with Crippen LogP contribution in [0.5, 0.6) is 0 Å². The Kier molecular flexibility index (Phi) is 19.6. The lowest BCUT2D eigenvalue weighted by Crippen LogP contribution is -2.28. The van der Waals surface area contributed by atoms with E-state index in [1.54, 1.807) is 11.3 Å². The fraction of sp³-hybridized carbons (Fsp3) is 0.0312. The van der Waals surface area contributed by atoms with Crippen LogP contribution in [0.4, 0.5) is 33.4 Å². The molecule has 0 amide bonds. The van der Waals surface area contributed by atoms with E-state index >= 15 is 0 Å². The zero-order chi connectivity index (χ0) is 90.5. The van der Waals surface area contributed by atoms with Gasteiger partial charge >= 0.3 is 0 Å². The third-order valence-corrected chi connectivity index (χ3v) is 29.6. The summed E-state index contributed by atoms with van der Waals surface area (Å²) in [6.07, 6.45) is 14.4. The molecule has 0 bridgehead atoms. The summed E-state index contributed by atoms with van der Waals surface area (Å²) in [5.74, 6) is 1.30. The second-order valence-electron chi connectivity index (χ2n) is 35.8. The molecular formula is C128H86N8S. The molecule has 0 atom stereocenters. The van der Waals surface area contributed by atoms with E-state index in [0.29, 0.717) is 11.6 Å². The Labute approximate surface area is 799 Å². The van der Waals surface area contributed by atoms with Gasteiger partial charge in [0, 0.05) is 66.0 Å². The molecule has 0 saturated heterocycles. The van der Waals surface area contributed by atoms with Crippen molar-refractivity contribution >= 4 is 99.5 Å². The highest BCUT2D eigenvalue weighted by atomic mass is 32.1. The topological polar surface area (TPSA) is 67.9 Å². The van der Waals surface area contributed by atoms with E-state index in [0.717, 1.165) is 129 Å². The smallest absolute Gasteiger partial charge is 0.159 e. The number of thiophene rings is 1. The third kappa shape index (κ3) is 13.4. The van der Waals surface area contributed by atoms with Gasteiger partial charge in [0.25, 0.3) is 0 Å². The van der Waals surface area contributed by atoms with Crippen LogP contribution in [0.15, 0.2) is 498 Å². The molecule has 5 aromatic heterocycles. The summed E-state index contributed by atoms with van der Waals surface area (Å²) in [4.78, 5) is 26.7. The van der Waals surface area contributed by atoms with Crippen molar-refractivity contribution < 1.29 is 0 Å². The van der Waals surface area contributed by atoms with Gasteiger partial charge in [-0.3, -0.25) is 4.90 Å². The van der Waals surface area contributed by atoms with Crippen molar-refractivity contribution in [3.63, 3.8) is 0 Å². The van der Waals surface area contributed by atoms with Crippen molar-refractivity contribution in [3.05, 3.63) is 554 Å². The van der Waals surface area contributed by atoms with Crippen molar-refractivity contribution in [3.8, 4) is 89.1 Å². The van der Waals surface area contributed by atoms with Crippen LogP contribution in [0.3, 0.4) is 0 Å². The lowest BCUT2D eigenvalue weighted by molar-refractivity contribution is 0.767. The molecule has 0 fully saturated rings. The third-order valence-electron chi connectivity index (χ3n) is 28.4. The average molecular weight is 1770 g/mol. The summed E-state index contributed by atoms with van der Waals surface area (Å²) in [5.41, 5.74) is 37.6. The molecule has 26 rings (SSSR count). The molecular weight excluding hydrogens is 1680 g/mol. The second kappa shape index (κ2) is 33.3. The SMILES string of the molecule is C1=CC(c2ccc3c(c2)-c2ccc(-n4c5ccccc5c5cc(-c6ncc(N(c7ccc(-c8ccccc8)cc7)c7ccc(-c8ccccc8)s7)cn6)ccc54)cc2C3(c2ccccc2)c2ccccc2)=C(c2ccc(N(c3ccc(-c4ccccc4)cc3)c3cnc(-c4ccc5c(c4)c4ccccc4n5-c4ccc5c(c4)C(c4ccccc4)(c4ccccc4)c4ccccc4-5)nc3)cc2)CC1. The number of allylic oxidation sites excluding steroid dienone is 4. The summed E-state index contributed by atoms with van der Waals surface area (Å²) >= 11 is 1.75. The van der Waals surface area contributed by atoms with Crippen molar-refractivity contribution in [2.24, 2.45) is 0 Å². The molecule has 0 aliphatic heterocycles. The average Bonchev–Trinajstić information content (AvgIpc) is 1.53. The van der Waals surface area contributed by atoms with Gasteiger partial charge in [0.1, 0.15) is 5.00 Å². The number of hydrogen-bond acceptors (Lipinski definition) is 7. The first-order chi connectivity index (χ1) is 67.9. The summed E-state index contributed by atoms with van der Waals surface area (Å²) in [5, 5.41) is 5.63. The Morgan fingerprint density at radius 3 is 1.11 bits per heavy atom. The van der Waals surface area contributed by atoms with Crippen LogP contribution in [0.25, 0.3) is 144 Å². The number of fused-ring (bicyclic) bond motifs is 12. The van der Waals surface area contributed by atoms with E-state index in [1.165, 1.54) is 105 Å². The monoisotopic (exact) mass is 1770 g/mol. The number of nitrogens with zero attached hydrogens (tertiary/aromatic N) is 8. The second-order valence-corrected chi connectivity index (χ2v) is 36.9. The van der Waals surface area contributed by atoms with Crippen molar-refractivity contribution in [2.75, 3.05) is 9.80 Å². The maximum absolute atomic E-state index is 5.28. The molecule has 0 N–H and O–H groups in total. The van der Waals surface area contributed by atoms with Gasteiger partial charge in [-0.25, -0.2) is 19.9 Å². The van der Waals surface area contributed by atoms with E-state index in [9.17, 15) is 0 Å². The van der Waals surface area contributed by atoms with Gasteiger partial charge in [-0.2, -0.15) is 0 Å². The molecule has 3 aliphatic rings. The van der Waals surface area contributed by atoms with E-state index in [-0.39, 0.29) is 0 Å². The summed E-state index contributed by atoms with van der Waals surface area (Å²) in [6.45, 7) is 0. The van der Waals surface area contributed by atoms with Crippen LogP contribution in [-0.4, -0.2) is 29.1 Å². The minimum Gasteiger partial charge on any atom is -0.309 e. The van der Waals surface area contributed by atoms with Crippen molar-refractivity contribution in [1.29, 1.82) is 0 Å². The van der Waals surface area contributed by atoms with Gasteiger partial charge in [-0.05, 0) is 257 Å². The summed E-state index contributed by atoms with van der Waals surface area (Å²) in [6, 6.07) is 169.